The molecule has 0 saturated heterocycles. The maximum Gasteiger partial charge on any atom is 0.408 e. The molecule has 0 saturated carbocycles. The van der Waals surface area contributed by atoms with Crippen molar-refractivity contribution in [2.24, 2.45) is 10.9 Å². The summed E-state index contributed by atoms with van der Waals surface area (Å²) in [7, 11) is 0. The number of rotatable bonds is 8. The van der Waals surface area contributed by atoms with Crippen molar-refractivity contribution in [3.63, 3.8) is 0 Å². The highest BCUT2D eigenvalue weighted by atomic mass is 16.6. The van der Waals surface area contributed by atoms with Crippen LogP contribution in [-0.2, 0) is 16.0 Å². The summed E-state index contributed by atoms with van der Waals surface area (Å²) in [5, 5.41) is 20.7. The molecule has 0 heterocycles. The minimum atomic E-state index is -1.18. The second-order valence-electron chi connectivity index (χ2n) is 7.90. The predicted octanol–water partition coefficient (Wildman–Crippen LogP) is 2.77. The van der Waals surface area contributed by atoms with Gasteiger partial charge in [0.05, 0.1) is 0 Å². The topological polar surface area (TPSA) is 155 Å². The minimum Gasteiger partial charge on any atom is -0.480 e. The van der Waals surface area contributed by atoms with E-state index in [4.69, 9.17) is 10.6 Å². The maximum absolute atomic E-state index is 12.5. The number of benzene rings is 2. The minimum absolute atomic E-state index is 0.0548. The Morgan fingerprint density at radius 3 is 2.41 bits per heavy atom. The smallest absolute Gasteiger partial charge is 0.408 e. The lowest BCUT2D eigenvalue weighted by atomic mass is 10.1. The molecule has 2 rings (SSSR count). The summed E-state index contributed by atoms with van der Waals surface area (Å²) in [5.74, 6) is 3.55. The number of nitrogens with one attached hydrogen (secondary N) is 3. The van der Waals surface area contributed by atoms with Gasteiger partial charge in [-0.15, -0.1) is 0 Å². The summed E-state index contributed by atoms with van der Waals surface area (Å²) in [6.45, 7) is 5.07. The first-order valence-electron chi connectivity index (χ1n) is 9.78. The van der Waals surface area contributed by atoms with E-state index >= 15 is 0 Å². The predicted molar refractivity (Wildman–Crippen MR) is 122 cm³/mol. The molecule has 6 N–H and O–H groups in total. The standard InChI is InChI=1S/C22H27N5O5/c1-22(2,3)32-21(31)27-18(20(29)30)11-14-7-9-16(10-8-14)26-19(28)15-5-4-6-17(12-15)24-13-25-23/h4-10,12-13,18H,11,23H2,1-3H3,(H,24,25)(H,26,28)(H,27,31)(H,29,30). The van der Waals surface area contributed by atoms with Gasteiger partial charge in [0.1, 0.15) is 18.0 Å². The highest BCUT2D eigenvalue weighted by molar-refractivity contribution is 6.05. The van der Waals surface area contributed by atoms with E-state index in [0.29, 0.717) is 22.5 Å². The zero-order valence-electron chi connectivity index (χ0n) is 18.1. The third-order valence-corrected chi connectivity index (χ3v) is 4.07. The van der Waals surface area contributed by atoms with Gasteiger partial charge in [-0.1, -0.05) is 18.2 Å². The number of hydrazone groups is 1. The number of anilines is 2. The van der Waals surface area contributed by atoms with Crippen molar-refractivity contribution in [1.29, 1.82) is 0 Å². The molecule has 1 unspecified atom stereocenters. The number of carbonyl (C=O) groups is 3. The Morgan fingerprint density at radius 1 is 1.12 bits per heavy atom. The van der Waals surface area contributed by atoms with E-state index in [9.17, 15) is 19.5 Å². The van der Waals surface area contributed by atoms with Crippen molar-refractivity contribution >= 4 is 35.7 Å². The van der Waals surface area contributed by atoms with Crippen molar-refractivity contribution in [3.05, 3.63) is 59.7 Å². The molecule has 0 aromatic heterocycles. The van der Waals surface area contributed by atoms with Crippen LogP contribution in [0.4, 0.5) is 16.2 Å². The summed E-state index contributed by atoms with van der Waals surface area (Å²) in [4.78, 5) is 35.9. The molecule has 2 aromatic rings. The molecule has 0 aliphatic carbocycles. The van der Waals surface area contributed by atoms with Gasteiger partial charge < -0.3 is 31.6 Å². The first-order valence-corrected chi connectivity index (χ1v) is 9.78. The van der Waals surface area contributed by atoms with E-state index in [0.717, 1.165) is 0 Å². The molecule has 0 radical (unpaired) electrons. The van der Waals surface area contributed by atoms with Gasteiger partial charge in [-0.3, -0.25) is 4.79 Å². The van der Waals surface area contributed by atoms with Gasteiger partial charge in [0.2, 0.25) is 0 Å². The number of ether oxygens (including phenoxy) is 1. The Kier molecular flexibility index (Phi) is 8.17. The Hall–Kier alpha value is -4.08. The zero-order valence-corrected chi connectivity index (χ0v) is 18.1. The number of carboxylic acid groups (broad SMARTS) is 1. The normalized spacial score (nSPS) is 12.1. The number of hydrogen-bond donors (Lipinski definition) is 5. The SMILES string of the molecule is CC(C)(C)OC(=O)NC(Cc1ccc(NC(=O)c2cccc(NC=NN)c2)cc1)C(=O)O. The largest absolute Gasteiger partial charge is 0.480 e. The molecule has 2 amide bonds. The second-order valence-corrected chi connectivity index (χ2v) is 7.90. The molecule has 32 heavy (non-hydrogen) atoms. The van der Waals surface area contributed by atoms with Gasteiger partial charge in [0.25, 0.3) is 5.91 Å². The van der Waals surface area contributed by atoms with Gasteiger partial charge in [-0.05, 0) is 56.7 Å². The first kappa shape index (κ1) is 24.2. The molecule has 2 aromatic carbocycles. The highest BCUT2D eigenvalue weighted by Gasteiger charge is 2.24. The van der Waals surface area contributed by atoms with Gasteiger partial charge in [0.15, 0.2) is 0 Å². The third-order valence-electron chi connectivity index (χ3n) is 4.07. The van der Waals surface area contributed by atoms with Crippen LogP contribution in [0.25, 0.3) is 0 Å². The van der Waals surface area contributed by atoms with E-state index in [1.54, 1.807) is 69.3 Å². The van der Waals surface area contributed by atoms with Crippen molar-refractivity contribution in [2.75, 3.05) is 10.6 Å². The van der Waals surface area contributed by atoms with Crippen LogP contribution in [0, 0.1) is 0 Å². The fraction of sp³-hybridized carbons (Fsp3) is 0.273. The van der Waals surface area contributed by atoms with E-state index in [-0.39, 0.29) is 12.3 Å². The fourth-order valence-corrected chi connectivity index (χ4v) is 2.68. The molecular weight excluding hydrogens is 414 g/mol. The molecule has 170 valence electrons. The van der Waals surface area contributed by atoms with Crippen LogP contribution in [-0.4, -0.2) is 41.1 Å². The molecule has 0 fully saturated rings. The molecule has 10 nitrogen and oxygen atoms in total. The van der Waals surface area contributed by atoms with Crippen LogP contribution in [0.2, 0.25) is 0 Å². The van der Waals surface area contributed by atoms with Crippen LogP contribution in [0.3, 0.4) is 0 Å². The van der Waals surface area contributed by atoms with Gasteiger partial charge in [0, 0.05) is 23.4 Å². The number of aliphatic carboxylic acids is 1. The van der Waals surface area contributed by atoms with E-state index in [2.05, 4.69) is 21.1 Å². The first-order chi connectivity index (χ1) is 15.1. The summed E-state index contributed by atoms with van der Waals surface area (Å²) in [6.07, 6.45) is 0.556. The Balaban J connectivity index is 2.00. The lowest BCUT2D eigenvalue weighted by Crippen LogP contribution is -2.44. The number of amides is 2. The van der Waals surface area contributed by atoms with Crippen LogP contribution < -0.4 is 21.8 Å². The van der Waals surface area contributed by atoms with Gasteiger partial charge in [-0.25, -0.2) is 9.59 Å². The van der Waals surface area contributed by atoms with E-state index in [1.807, 2.05) is 0 Å². The maximum atomic E-state index is 12.5. The number of nitrogens with zero attached hydrogens (tertiary/aromatic N) is 1. The molecule has 0 aliphatic rings. The number of carbonyl (C=O) groups excluding carboxylic acids is 2. The average molecular weight is 441 g/mol. The fourth-order valence-electron chi connectivity index (χ4n) is 2.68. The Labute approximate surface area is 185 Å². The summed E-state index contributed by atoms with van der Waals surface area (Å²) in [6, 6.07) is 12.3. The van der Waals surface area contributed by atoms with Crippen LogP contribution in [0.15, 0.2) is 53.6 Å². The molecule has 0 bridgehead atoms. The number of carboxylic acids is 1. The van der Waals surface area contributed by atoms with Crippen molar-refractivity contribution < 1.29 is 24.2 Å². The highest BCUT2D eigenvalue weighted by Crippen LogP contribution is 2.15. The van der Waals surface area contributed by atoms with Gasteiger partial charge >= 0.3 is 12.1 Å². The van der Waals surface area contributed by atoms with Gasteiger partial charge in [-0.2, -0.15) is 5.10 Å². The molecule has 1 atom stereocenters. The van der Waals surface area contributed by atoms with Crippen LogP contribution in [0.5, 0.6) is 0 Å². The summed E-state index contributed by atoms with van der Waals surface area (Å²) < 4.78 is 5.11. The zero-order chi connectivity index (χ0) is 23.7. The number of nitrogens with two attached hydrogens (primary N) is 1. The Bertz CT molecular complexity index is 983. The summed E-state index contributed by atoms with van der Waals surface area (Å²) in [5.41, 5.74) is 1.54. The van der Waals surface area contributed by atoms with E-state index in [1.165, 1.54) is 6.34 Å². The number of alkyl carbamates (subject to hydrolysis) is 1. The Morgan fingerprint density at radius 2 is 1.81 bits per heavy atom. The van der Waals surface area contributed by atoms with Crippen molar-refractivity contribution in [1.82, 2.24) is 5.32 Å². The van der Waals surface area contributed by atoms with Crippen molar-refractivity contribution in [2.45, 2.75) is 38.8 Å². The van der Waals surface area contributed by atoms with Crippen molar-refractivity contribution in [3.8, 4) is 0 Å². The lowest BCUT2D eigenvalue weighted by Gasteiger charge is -2.22. The second kappa shape index (κ2) is 10.8. The quantitative estimate of drug-likeness (QED) is 0.182. The summed E-state index contributed by atoms with van der Waals surface area (Å²) >= 11 is 0. The van der Waals surface area contributed by atoms with Crippen LogP contribution in [0.1, 0.15) is 36.7 Å². The molecule has 10 heteroatoms. The average Bonchev–Trinajstić information content (AvgIpc) is 2.72. The number of hydrogen-bond acceptors (Lipinski definition) is 6. The lowest BCUT2D eigenvalue weighted by molar-refractivity contribution is -0.139. The molecular formula is C22H27N5O5. The van der Waals surface area contributed by atoms with Crippen LogP contribution >= 0.6 is 0 Å². The molecule has 0 spiro atoms. The monoisotopic (exact) mass is 441 g/mol. The van der Waals surface area contributed by atoms with E-state index < -0.39 is 23.7 Å². The molecule has 0 aliphatic heterocycles. The third kappa shape index (κ3) is 7.98.